The Morgan fingerprint density at radius 3 is 2.78 bits per heavy atom. The molecule has 0 unspecified atom stereocenters. The maximum atomic E-state index is 13.5. The Bertz CT molecular complexity index is 537. The number of hydrogen-bond donors (Lipinski definition) is 0. The van der Waals surface area contributed by atoms with Crippen molar-refractivity contribution in [3.63, 3.8) is 0 Å². The average Bonchev–Trinajstić information content (AvgIpc) is 2.31. The molecule has 0 amide bonds. The van der Waals surface area contributed by atoms with E-state index in [4.69, 9.17) is 5.26 Å². The number of rotatable bonds is 4. The number of nitro groups is 1. The van der Waals surface area contributed by atoms with E-state index in [9.17, 15) is 19.3 Å². The fourth-order valence-corrected chi connectivity index (χ4v) is 1.35. The quantitative estimate of drug-likeness (QED) is 0.462. The molecule has 1 aromatic rings. The number of esters is 1. The van der Waals surface area contributed by atoms with E-state index in [-0.39, 0.29) is 24.2 Å². The van der Waals surface area contributed by atoms with E-state index < -0.39 is 22.4 Å². The number of nitrogens with zero attached hydrogens (tertiary/aromatic N) is 2. The molecule has 18 heavy (non-hydrogen) atoms. The van der Waals surface area contributed by atoms with E-state index >= 15 is 0 Å². The van der Waals surface area contributed by atoms with E-state index in [2.05, 4.69) is 4.74 Å². The molecule has 94 valence electrons. The Kier molecular flexibility index (Phi) is 4.32. The Morgan fingerprint density at radius 1 is 1.61 bits per heavy atom. The molecule has 0 heterocycles. The number of nitro benzene ring substituents is 1. The van der Waals surface area contributed by atoms with Crippen LogP contribution < -0.4 is 0 Å². The largest absolute Gasteiger partial charge is 0.466 e. The molecule has 0 atom stereocenters. The Balaban J connectivity index is 3.13. The Morgan fingerprint density at radius 2 is 2.28 bits per heavy atom. The highest BCUT2D eigenvalue weighted by molar-refractivity contribution is 5.73. The topological polar surface area (TPSA) is 93.2 Å². The van der Waals surface area contributed by atoms with Gasteiger partial charge in [-0.15, -0.1) is 0 Å². The zero-order valence-electron chi connectivity index (χ0n) is 9.47. The van der Waals surface area contributed by atoms with Crippen molar-refractivity contribution in [2.45, 2.75) is 13.3 Å². The second-order valence-electron chi connectivity index (χ2n) is 3.31. The second-order valence-corrected chi connectivity index (χ2v) is 3.31. The van der Waals surface area contributed by atoms with E-state index in [0.717, 1.165) is 6.07 Å². The van der Waals surface area contributed by atoms with E-state index in [1.807, 2.05) is 0 Å². The summed E-state index contributed by atoms with van der Waals surface area (Å²) in [4.78, 5) is 20.9. The van der Waals surface area contributed by atoms with Crippen LogP contribution in [-0.2, 0) is 16.0 Å². The first kappa shape index (κ1) is 13.6. The molecule has 0 aromatic heterocycles. The summed E-state index contributed by atoms with van der Waals surface area (Å²) in [6.07, 6.45) is -0.369. The van der Waals surface area contributed by atoms with Crippen molar-refractivity contribution in [3.8, 4) is 6.07 Å². The van der Waals surface area contributed by atoms with Crippen LogP contribution >= 0.6 is 0 Å². The van der Waals surface area contributed by atoms with Gasteiger partial charge in [-0.3, -0.25) is 14.9 Å². The lowest BCUT2D eigenvalue weighted by Crippen LogP contribution is -2.09. The fraction of sp³-hybridized carbons (Fsp3) is 0.273. The number of hydrogen-bond acceptors (Lipinski definition) is 5. The Hall–Kier alpha value is -2.49. The summed E-state index contributed by atoms with van der Waals surface area (Å²) in [6.45, 7) is 1.75. The van der Waals surface area contributed by atoms with Crippen LogP contribution in [0.15, 0.2) is 12.1 Å². The van der Waals surface area contributed by atoms with Gasteiger partial charge in [-0.1, -0.05) is 0 Å². The summed E-state index contributed by atoms with van der Waals surface area (Å²) in [6, 6.07) is 3.21. The van der Waals surface area contributed by atoms with Crippen molar-refractivity contribution in [1.29, 1.82) is 5.26 Å². The molecular weight excluding hydrogens is 243 g/mol. The monoisotopic (exact) mass is 252 g/mol. The molecule has 0 fully saturated rings. The van der Waals surface area contributed by atoms with Gasteiger partial charge in [0.25, 0.3) is 5.69 Å². The first-order valence-corrected chi connectivity index (χ1v) is 5.02. The van der Waals surface area contributed by atoms with Crippen LogP contribution in [-0.4, -0.2) is 17.5 Å². The zero-order chi connectivity index (χ0) is 13.7. The summed E-state index contributed by atoms with van der Waals surface area (Å²) in [5, 5.41) is 19.3. The number of carbonyl (C=O) groups is 1. The molecule has 0 spiro atoms. The van der Waals surface area contributed by atoms with Crippen molar-refractivity contribution < 1.29 is 18.8 Å². The molecule has 0 aliphatic rings. The maximum Gasteiger partial charge on any atom is 0.310 e. The van der Waals surface area contributed by atoms with Crippen LogP contribution in [0, 0.1) is 27.3 Å². The van der Waals surface area contributed by atoms with Crippen LogP contribution in [0.2, 0.25) is 0 Å². The van der Waals surface area contributed by atoms with Crippen molar-refractivity contribution in [2.24, 2.45) is 0 Å². The SMILES string of the molecule is CCOC(=O)Cc1cc(C#N)c([N+](=O)[O-])cc1F. The van der Waals surface area contributed by atoms with Crippen LogP contribution in [0.5, 0.6) is 0 Å². The fourth-order valence-electron chi connectivity index (χ4n) is 1.35. The van der Waals surface area contributed by atoms with E-state index in [1.165, 1.54) is 0 Å². The number of nitriles is 1. The number of ether oxygens (including phenoxy) is 1. The highest BCUT2D eigenvalue weighted by atomic mass is 19.1. The number of halogens is 1. The molecule has 0 bridgehead atoms. The molecule has 0 aliphatic heterocycles. The van der Waals surface area contributed by atoms with Crippen LogP contribution in [0.4, 0.5) is 10.1 Å². The van der Waals surface area contributed by atoms with Gasteiger partial charge < -0.3 is 4.74 Å². The minimum Gasteiger partial charge on any atom is -0.466 e. The third-order valence-corrected chi connectivity index (χ3v) is 2.12. The predicted octanol–water partition coefficient (Wildman–Crippen LogP) is 1.71. The van der Waals surface area contributed by atoms with E-state index in [1.54, 1.807) is 13.0 Å². The van der Waals surface area contributed by atoms with Crippen molar-refractivity contribution >= 4 is 11.7 Å². The third-order valence-electron chi connectivity index (χ3n) is 2.12. The van der Waals surface area contributed by atoms with Crippen molar-refractivity contribution in [3.05, 3.63) is 39.2 Å². The third kappa shape index (κ3) is 3.01. The van der Waals surface area contributed by atoms with Gasteiger partial charge in [0.15, 0.2) is 0 Å². The van der Waals surface area contributed by atoms with Crippen molar-refractivity contribution in [2.75, 3.05) is 6.61 Å². The van der Waals surface area contributed by atoms with E-state index in [0.29, 0.717) is 6.07 Å². The predicted molar refractivity (Wildman–Crippen MR) is 58.1 cm³/mol. The molecule has 7 heteroatoms. The Labute approximate surface area is 102 Å². The van der Waals surface area contributed by atoms with Gasteiger partial charge in [0.05, 0.1) is 24.0 Å². The first-order valence-electron chi connectivity index (χ1n) is 5.02. The normalized spacial score (nSPS) is 9.61. The molecule has 0 aliphatic carbocycles. The van der Waals surface area contributed by atoms with Gasteiger partial charge in [0.2, 0.25) is 0 Å². The molecule has 0 N–H and O–H groups in total. The van der Waals surface area contributed by atoms with Crippen LogP contribution in [0.1, 0.15) is 18.1 Å². The maximum absolute atomic E-state index is 13.5. The van der Waals surface area contributed by atoms with Gasteiger partial charge in [0, 0.05) is 5.56 Å². The highest BCUT2D eigenvalue weighted by Crippen LogP contribution is 2.22. The number of benzene rings is 1. The van der Waals surface area contributed by atoms with Gasteiger partial charge >= 0.3 is 5.97 Å². The summed E-state index contributed by atoms with van der Waals surface area (Å²) in [7, 11) is 0. The molecule has 1 rings (SSSR count). The first-order chi connectivity index (χ1) is 8.49. The highest BCUT2D eigenvalue weighted by Gasteiger charge is 2.19. The molecule has 0 saturated carbocycles. The molecule has 0 radical (unpaired) electrons. The van der Waals surface area contributed by atoms with Crippen molar-refractivity contribution in [1.82, 2.24) is 0 Å². The molecular formula is C11H9FN2O4. The second kappa shape index (κ2) is 5.72. The lowest BCUT2D eigenvalue weighted by Gasteiger charge is -2.04. The standard InChI is InChI=1S/C11H9FN2O4/c1-2-18-11(15)4-7-3-8(6-13)10(14(16)17)5-9(7)12/h3,5H,2,4H2,1H3. The lowest BCUT2D eigenvalue weighted by molar-refractivity contribution is -0.385. The smallest absolute Gasteiger partial charge is 0.310 e. The van der Waals surface area contributed by atoms with Crippen LogP contribution in [0.3, 0.4) is 0 Å². The lowest BCUT2D eigenvalue weighted by atomic mass is 10.1. The van der Waals surface area contributed by atoms with Gasteiger partial charge in [-0.05, 0) is 13.0 Å². The number of carbonyl (C=O) groups excluding carboxylic acids is 1. The summed E-state index contributed by atoms with van der Waals surface area (Å²) in [5.74, 6) is -1.57. The summed E-state index contributed by atoms with van der Waals surface area (Å²) < 4.78 is 18.1. The van der Waals surface area contributed by atoms with Crippen LogP contribution in [0.25, 0.3) is 0 Å². The zero-order valence-corrected chi connectivity index (χ0v) is 9.47. The van der Waals surface area contributed by atoms with Gasteiger partial charge in [-0.2, -0.15) is 5.26 Å². The minimum atomic E-state index is -0.909. The molecule has 0 saturated heterocycles. The van der Waals surface area contributed by atoms with Gasteiger partial charge in [-0.25, -0.2) is 4.39 Å². The average molecular weight is 252 g/mol. The molecule has 6 nitrogen and oxygen atoms in total. The molecule has 1 aromatic carbocycles. The summed E-state index contributed by atoms with van der Waals surface area (Å²) in [5.41, 5.74) is -1.01. The van der Waals surface area contributed by atoms with Gasteiger partial charge in [0.1, 0.15) is 17.4 Å². The minimum absolute atomic E-state index is 0.101. The summed E-state index contributed by atoms with van der Waals surface area (Å²) >= 11 is 0.